The average Bonchev–Trinajstić information content (AvgIpc) is 3.17. The van der Waals surface area contributed by atoms with Crippen molar-refractivity contribution in [3.05, 3.63) is 83.9 Å². The van der Waals surface area contributed by atoms with E-state index in [0.717, 1.165) is 11.3 Å². The number of pyridine rings is 1. The standard InChI is InChI=1S/C21H16ClFN4OS/c22-16-5-7-17(8-6-16)27-20(15-9-11-24-12-10-15)25-26-21(27)29-14-13-28-19-4-2-1-3-18(19)23/h1-12H,13-14H2. The van der Waals surface area contributed by atoms with E-state index in [1.165, 1.54) is 17.8 Å². The van der Waals surface area contributed by atoms with Gasteiger partial charge in [0.05, 0.1) is 6.61 Å². The van der Waals surface area contributed by atoms with Gasteiger partial charge in [-0.2, -0.15) is 0 Å². The summed E-state index contributed by atoms with van der Waals surface area (Å²) in [5, 5.41) is 10.1. The SMILES string of the molecule is Fc1ccccc1OCCSc1nnc(-c2ccncc2)n1-c1ccc(Cl)cc1. The third-order valence-corrected chi connectivity index (χ3v) is 5.21. The number of halogens is 2. The van der Waals surface area contributed by atoms with Crippen LogP contribution in [0.2, 0.25) is 5.02 Å². The predicted octanol–water partition coefficient (Wildman–Crippen LogP) is 5.29. The first-order chi connectivity index (χ1) is 14.2. The molecule has 0 aliphatic rings. The van der Waals surface area contributed by atoms with Crippen molar-refractivity contribution in [3.8, 4) is 22.8 Å². The van der Waals surface area contributed by atoms with E-state index in [2.05, 4.69) is 15.2 Å². The van der Waals surface area contributed by atoms with Crippen LogP contribution in [-0.2, 0) is 0 Å². The molecule has 0 unspecified atom stereocenters. The van der Waals surface area contributed by atoms with Crippen LogP contribution in [0.4, 0.5) is 4.39 Å². The first kappa shape index (κ1) is 19.4. The highest BCUT2D eigenvalue weighted by atomic mass is 35.5. The number of thioether (sulfide) groups is 1. The van der Waals surface area contributed by atoms with E-state index in [-0.39, 0.29) is 11.6 Å². The normalized spacial score (nSPS) is 10.8. The Morgan fingerprint density at radius 3 is 2.48 bits per heavy atom. The summed E-state index contributed by atoms with van der Waals surface area (Å²) in [6.07, 6.45) is 3.43. The molecule has 0 aliphatic carbocycles. The number of ether oxygens (including phenoxy) is 1. The Hall–Kier alpha value is -2.90. The van der Waals surface area contributed by atoms with Gasteiger partial charge in [-0.25, -0.2) is 4.39 Å². The fourth-order valence-electron chi connectivity index (χ4n) is 2.72. The minimum absolute atomic E-state index is 0.241. The van der Waals surface area contributed by atoms with E-state index >= 15 is 0 Å². The molecule has 29 heavy (non-hydrogen) atoms. The molecule has 0 radical (unpaired) electrons. The van der Waals surface area contributed by atoms with Gasteiger partial charge in [-0.3, -0.25) is 9.55 Å². The van der Waals surface area contributed by atoms with Crippen LogP contribution in [-0.4, -0.2) is 32.1 Å². The lowest BCUT2D eigenvalue weighted by atomic mass is 10.2. The lowest BCUT2D eigenvalue weighted by molar-refractivity contribution is 0.325. The van der Waals surface area contributed by atoms with Gasteiger partial charge in [-0.15, -0.1) is 10.2 Å². The zero-order valence-corrected chi connectivity index (χ0v) is 16.8. The van der Waals surface area contributed by atoms with Crippen LogP contribution in [0.5, 0.6) is 5.75 Å². The van der Waals surface area contributed by atoms with Gasteiger partial charge in [0.1, 0.15) is 0 Å². The maximum absolute atomic E-state index is 13.7. The molecule has 0 amide bonds. The topological polar surface area (TPSA) is 52.8 Å². The molecular weight excluding hydrogens is 411 g/mol. The summed E-state index contributed by atoms with van der Waals surface area (Å²) in [5.74, 6) is 1.15. The summed E-state index contributed by atoms with van der Waals surface area (Å²) < 4.78 is 21.2. The molecule has 0 atom stereocenters. The third kappa shape index (κ3) is 4.58. The van der Waals surface area contributed by atoms with Crippen molar-refractivity contribution in [1.82, 2.24) is 19.7 Å². The van der Waals surface area contributed by atoms with Crippen LogP contribution >= 0.6 is 23.4 Å². The summed E-state index contributed by atoms with van der Waals surface area (Å²) in [4.78, 5) is 4.06. The van der Waals surface area contributed by atoms with Crippen molar-refractivity contribution in [2.24, 2.45) is 0 Å². The van der Waals surface area contributed by atoms with Crippen LogP contribution in [0.3, 0.4) is 0 Å². The van der Waals surface area contributed by atoms with Crippen molar-refractivity contribution in [3.63, 3.8) is 0 Å². The van der Waals surface area contributed by atoms with Crippen LogP contribution in [0, 0.1) is 5.82 Å². The Kier molecular flexibility index (Phi) is 6.07. The maximum Gasteiger partial charge on any atom is 0.196 e. The minimum Gasteiger partial charge on any atom is -0.490 e. The second-order valence-corrected chi connectivity index (χ2v) is 7.48. The van der Waals surface area contributed by atoms with Crippen molar-refractivity contribution >= 4 is 23.4 Å². The van der Waals surface area contributed by atoms with Crippen molar-refractivity contribution in [2.75, 3.05) is 12.4 Å². The molecule has 8 heteroatoms. The summed E-state index contributed by atoms with van der Waals surface area (Å²) in [5.41, 5.74) is 1.79. The van der Waals surface area contributed by atoms with Crippen LogP contribution in [0.1, 0.15) is 0 Å². The molecule has 0 bridgehead atoms. The zero-order valence-electron chi connectivity index (χ0n) is 15.2. The van der Waals surface area contributed by atoms with Crippen LogP contribution in [0.25, 0.3) is 17.1 Å². The average molecular weight is 427 g/mol. The van der Waals surface area contributed by atoms with Gasteiger partial charge in [0.15, 0.2) is 22.5 Å². The second kappa shape index (κ2) is 9.07. The summed E-state index contributed by atoms with van der Waals surface area (Å²) in [6, 6.07) is 17.6. The molecule has 2 aromatic carbocycles. The highest BCUT2D eigenvalue weighted by molar-refractivity contribution is 7.99. The molecule has 0 saturated carbocycles. The largest absolute Gasteiger partial charge is 0.490 e. The lowest BCUT2D eigenvalue weighted by Gasteiger charge is -2.11. The van der Waals surface area contributed by atoms with Gasteiger partial charge < -0.3 is 4.74 Å². The van der Waals surface area contributed by atoms with E-state index in [0.29, 0.717) is 28.4 Å². The van der Waals surface area contributed by atoms with Gasteiger partial charge >= 0.3 is 0 Å². The number of hydrogen-bond acceptors (Lipinski definition) is 5. The Bertz CT molecular complexity index is 1090. The van der Waals surface area contributed by atoms with E-state index < -0.39 is 0 Å². The Morgan fingerprint density at radius 2 is 1.72 bits per heavy atom. The highest BCUT2D eigenvalue weighted by Gasteiger charge is 2.16. The minimum atomic E-state index is -0.373. The molecule has 4 rings (SSSR count). The van der Waals surface area contributed by atoms with Crippen molar-refractivity contribution < 1.29 is 9.13 Å². The molecule has 0 aliphatic heterocycles. The number of para-hydroxylation sites is 1. The molecule has 0 saturated heterocycles. The number of aromatic nitrogens is 4. The number of benzene rings is 2. The van der Waals surface area contributed by atoms with E-state index in [9.17, 15) is 4.39 Å². The molecule has 2 heterocycles. The number of hydrogen-bond donors (Lipinski definition) is 0. The van der Waals surface area contributed by atoms with E-state index in [1.807, 2.05) is 41.0 Å². The summed E-state index contributed by atoms with van der Waals surface area (Å²) in [7, 11) is 0. The molecule has 0 spiro atoms. The Morgan fingerprint density at radius 1 is 0.966 bits per heavy atom. The van der Waals surface area contributed by atoms with Gasteiger partial charge in [-0.05, 0) is 48.5 Å². The molecule has 0 fully saturated rings. The van der Waals surface area contributed by atoms with Crippen molar-refractivity contribution in [2.45, 2.75) is 5.16 Å². The molecule has 2 aromatic heterocycles. The monoisotopic (exact) mass is 426 g/mol. The van der Waals surface area contributed by atoms with E-state index in [4.69, 9.17) is 16.3 Å². The Balaban J connectivity index is 1.56. The van der Waals surface area contributed by atoms with Crippen LogP contribution < -0.4 is 4.74 Å². The Labute approximate surface area is 176 Å². The van der Waals surface area contributed by atoms with Gasteiger partial charge in [-0.1, -0.05) is 35.5 Å². The molecule has 0 N–H and O–H groups in total. The van der Waals surface area contributed by atoms with Crippen LogP contribution in [0.15, 0.2) is 78.2 Å². The smallest absolute Gasteiger partial charge is 0.196 e. The van der Waals surface area contributed by atoms with Crippen molar-refractivity contribution in [1.29, 1.82) is 0 Å². The molecule has 146 valence electrons. The molecule has 4 aromatic rings. The molecule has 5 nitrogen and oxygen atoms in total. The predicted molar refractivity (Wildman–Crippen MR) is 112 cm³/mol. The quantitative estimate of drug-likeness (QED) is 0.297. The number of nitrogens with zero attached hydrogens (tertiary/aromatic N) is 4. The second-order valence-electron chi connectivity index (χ2n) is 5.98. The summed E-state index contributed by atoms with van der Waals surface area (Å²) >= 11 is 7.52. The zero-order chi connectivity index (χ0) is 20.1. The van der Waals surface area contributed by atoms with Gasteiger partial charge in [0, 0.05) is 34.4 Å². The highest BCUT2D eigenvalue weighted by Crippen LogP contribution is 2.28. The first-order valence-electron chi connectivity index (χ1n) is 8.84. The molecular formula is C21H16ClFN4OS. The van der Waals surface area contributed by atoms with Gasteiger partial charge in [0.25, 0.3) is 0 Å². The first-order valence-corrected chi connectivity index (χ1v) is 10.2. The maximum atomic E-state index is 13.7. The lowest BCUT2D eigenvalue weighted by Crippen LogP contribution is -2.04. The number of rotatable bonds is 7. The fourth-order valence-corrected chi connectivity index (χ4v) is 3.62. The van der Waals surface area contributed by atoms with E-state index in [1.54, 1.807) is 30.6 Å². The third-order valence-electron chi connectivity index (χ3n) is 4.07. The fraction of sp³-hybridized carbons (Fsp3) is 0.0952. The van der Waals surface area contributed by atoms with Gasteiger partial charge in [0.2, 0.25) is 0 Å². The summed E-state index contributed by atoms with van der Waals surface area (Å²) in [6.45, 7) is 0.337.